The summed E-state index contributed by atoms with van der Waals surface area (Å²) in [5, 5.41) is 14.5. The van der Waals surface area contributed by atoms with E-state index in [4.69, 9.17) is 4.74 Å². The van der Waals surface area contributed by atoms with E-state index >= 15 is 0 Å². The number of rotatable bonds is 7. The molecule has 0 fully saturated rings. The van der Waals surface area contributed by atoms with E-state index in [2.05, 4.69) is 10.6 Å². The number of hydrogen-bond donors (Lipinski definition) is 3. The Hall–Kier alpha value is -4.14. The van der Waals surface area contributed by atoms with Gasteiger partial charge in [-0.05, 0) is 42.2 Å². The van der Waals surface area contributed by atoms with Gasteiger partial charge < -0.3 is 25.4 Å². The average molecular weight is 466 g/mol. The molecule has 3 rings (SSSR count). The molecule has 1 heterocycles. The van der Waals surface area contributed by atoms with Crippen LogP contribution in [0.25, 0.3) is 11.1 Å². The van der Waals surface area contributed by atoms with E-state index in [1.807, 2.05) is 38.1 Å². The van der Waals surface area contributed by atoms with Crippen molar-refractivity contribution in [1.82, 2.24) is 15.5 Å². The van der Waals surface area contributed by atoms with Crippen molar-refractivity contribution in [3.8, 4) is 16.9 Å². The highest BCUT2D eigenvalue weighted by Gasteiger charge is 2.33. The molecular weight excluding hydrogens is 438 g/mol. The van der Waals surface area contributed by atoms with E-state index in [1.54, 1.807) is 19.2 Å². The van der Waals surface area contributed by atoms with Gasteiger partial charge in [-0.3, -0.25) is 14.4 Å². The number of carboxylic acids is 1. The number of carbonyl (C=O) groups is 4. The van der Waals surface area contributed by atoms with E-state index in [1.165, 1.54) is 24.2 Å². The summed E-state index contributed by atoms with van der Waals surface area (Å²) in [6, 6.07) is 8.04. The number of benzene rings is 2. The fraction of sp³-hybridized carbons (Fsp3) is 0.280. The summed E-state index contributed by atoms with van der Waals surface area (Å²) in [7, 11) is 3.03. The van der Waals surface area contributed by atoms with E-state index in [-0.39, 0.29) is 0 Å². The lowest BCUT2D eigenvalue weighted by molar-refractivity contribution is -0.138. The smallest absolute Gasteiger partial charge is 0.316 e. The first-order valence-corrected chi connectivity index (χ1v) is 10.6. The number of urea groups is 1. The standard InChI is InChI=1S/C25H27N3O6/c1-14-7-5-6-8-16(14)22-15(2)17(9-10-20(22)34-4)18(13-21(30)31)26-25(33)27-23-19(29)11-12-28(3)24(23)32/h5-12,18,23H,13H2,1-4H3,(H,30,31)(H2,26,27,33)/t18-,23?/m0/s1. The number of carbonyl (C=O) groups excluding carboxylic acids is 3. The third-order valence-corrected chi connectivity index (χ3v) is 5.78. The molecule has 2 aromatic rings. The molecule has 1 aliphatic rings. The molecule has 178 valence electrons. The highest BCUT2D eigenvalue weighted by molar-refractivity contribution is 6.14. The quantitative estimate of drug-likeness (QED) is 0.540. The van der Waals surface area contributed by atoms with Gasteiger partial charge in [-0.15, -0.1) is 0 Å². The van der Waals surface area contributed by atoms with Crippen molar-refractivity contribution in [2.45, 2.75) is 32.4 Å². The Morgan fingerprint density at radius 2 is 1.85 bits per heavy atom. The van der Waals surface area contributed by atoms with Crippen LogP contribution < -0.4 is 15.4 Å². The summed E-state index contributed by atoms with van der Waals surface area (Å²) in [6.45, 7) is 3.80. The molecule has 0 radical (unpaired) electrons. The number of aryl methyl sites for hydroxylation is 1. The summed E-state index contributed by atoms with van der Waals surface area (Å²) in [5.41, 5.74) is 4.04. The van der Waals surface area contributed by atoms with Crippen LogP contribution in [-0.2, 0) is 14.4 Å². The number of aliphatic carboxylic acids is 1. The van der Waals surface area contributed by atoms with Gasteiger partial charge in [0, 0.05) is 24.9 Å². The Morgan fingerprint density at radius 3 is 2.50 bits per heavy atom. The van der Waals surface area contributed by atoms with Gasteiger partial charge in [-0.25, -0.2) is 4.79 Å². The first-order chi connectivity index (χ1) is 16.1. The fourth-order valence-electron chi connectivity index (χ4n) is 4.00. The number of carboxylic acid groups (broad SMARTS) is 1. The molecular formula is C25H27N3O6. The molecule has 0 spiro atoms. The minimum absolute atomic E-state index is 0.403. The normalized spacial score (nSPS) is 16.2. The van der Waals surface area contributed by atoms with Crippen molar-refractivity contribution >= 4 is 23.7 Å². The monoisotopic (exact) mass is 465 g/mol. The van der Waals surface area contributed by atoms with Gasteiger partial charge in [0.2, 0.25) is 0 Å². The summed E-state index contributed by atoms with van der Waals surface area (Å²) in [4.78, 5) is 49.9. The molecule has 0 saturated heterocycles. The van der Waals surface area contributed by atoms with Crippen LogP contribution in [0.4, 0.5) is 4.79 Å². The van der Waals surface area contributed by atoms with Crippen LogP contribution in [0.3, 0.4) is 0 Å². The molecule has 3 N–H and O–H groups in total. The molecule has 0 bridgehead atoms. The molecule has 0 aromatic heterocycles. The SMILES string of the molecule is COc1ccc([C@H](CC(=O)O)NC(=O)NC2C(=O)C=CN(C)C2=O)c(C)c1-c1ccccc1C. The topological polar surface area (TPSA) is 125 Å². The molecule has 0 aliphatic carbocycles. The van der Waals surface area contributed by atoms with Gasteiger partial charge >= 0.3 is 12.0 Å². The number of amides is 3. The second-order valence-electron chi connectivity index (χ2n) is 8.04. The van der Waals surface area contributed by atoms with Crippen molar-refractivity contribution < 1.29 is 29.0 Å². The fourth-order valence-corrected chi connectivity index (χ4v) is 4.00. The van der Waals surface area contributed by atoms with Crippen molar-refractivity contribution in [3.05, 3.63) is 65.4 Å². The minimum Gasteiger partial charge on any atom is -0.496 e. The zero-order valence-corrected chi connectivity index (χ0v) is 19.4. The van der Waals surface area contributed by atoms with Crippen LogP contribution in [0.2, 0.25) is 0 Å². The Morgan fingerprint density at radius 1 is 1.15 bits per heavy atom. The molecule has 9 nitrogen and oxygen atoms in total. The van der Waals surface area contributed by atoms with Crippen LogP contribution in [0.1, 0.15) is 29.2 Å². The van der Waals surface area contributed by atoms with Gasteiger partial charge in [-0.2, -0.15) is 0 Å². The number of likely N-dealkylation sites (N-methyl/N-ethyl adjacent to an activating group) is 1. The van der Waals surface area contributed by atoms with Gasteiger partial charge in [0.15, 0.2) is 11.8 Å². The maximum Gasteiger partial charge on any atom is 0.316 e. The number of ether oxygens (including phenoxy) is 1. The zero-order chi connectivity index (χ0) is 25.0. The predicted octanol–water partition coefficient (Wildman–Crippen LogP) is 2.72. The molecule has 3 amide bonds. The largest absolute Gasteiger partial charge is 0.496 e. The molecule has 1 unspecified atom stereocenters. The van der Waals surface area contributed by atoms with Crippen LogP contribution in [0.15, 0.2) is 48.7 Å². The lowest BCUT2D eigenvalue weighted by atomic mass is 9.89. The van der Waals surface area contributed by atoms with Crippen molar-refractivity contribution in [3.63, 3.8) is 0 Å². The van der Waals surface area contributed by atoms with Gasteiger partial charge in [0.05, 0.1) is 19.6 Å². The van der Waals surface area contributed by atoms with Crippen LogP contribution in [0.5, 0.6) is 5.75 Å². The van der Waals surface area contributed by atoms with Gasteiger partial charge in [0.25, 0.3) is 5.91 Å². The third kappa shape index (κ3) is 5.09. The first-order valence-electron chi connectivity index (χ1n) is 10.6. The zero-order valence-electron chi connectivity index (χ0n) is 19.4. The first kappa shape index (κ1) is 24.5. The molecule has 9 heteroatoms. The number of nitrogens with one attached hydrogen (secondary N) is 2. The second kappa shape index (κ2) is 10.2. The average Bonchev–Trinajstić information content (AvgIpc) is 2.79. The van der Waals surface area contributed by atoms with Crippen molar-refractivity contribution in [1.29, 1.82) is 0 Å². The Balaban J connectivity index is 1.96. The second-order valence-corrected chi connectivity index (χ2v) is 8.04. The summed E-state index contributed by atoms with van der Waals surface area (Å²) in [6.07, 6.45) is 2.12. The number of methoxy groups -OCH3 is 1. The Labute approximate surface area is 197 Å². The predicted molar refractivity (Wildman–Crippen MR) is 125 cm³/mol. The number of ketones is 1. The third-order valence-electron chi connectivity index (χ3n) is 5.78. The maximum atomic E-state index is 12.7. The maximum absolute atomic E-state index is 12.7. The summed E-state index contributed by atoms with van der Waals surface area (Å²) < 4.78 is 5.56. The highest BCUT2D eigenvalue weighted by atomic mass is 16.5. The van der Waals surface area contributed by atoms with Crippen LogP contribution in [-0.4, -0.2) is 53.9 Å². The summed E-state index contributed by atoms with van der Waals surface area (Å²) in [5.74, 6) is -1.65. The Kier molecular flexibility index (Phi) is 7.35. The van der Waals surface area contributed by atoms with E-state index in [9.17, 15) is 24.3 Å². The number of nitrogens with zero attached hydrogens (tertiary/aromatic N) is 1. The number of hydrogen-bond acceptors (Lipinski definition) is 5. The molecule has 2 atom stereocenters. The molecule has 34 heavy (non-hydrogen) atoms. The highest BCUT2D eigenvalue weighted by Crippen LogP contribution is 2.38. The van der Waals surface area contributed by atoms with E-state index < -0.39 is 42.2 Å². The van der Waals surface area contributed by atoms with E-state index in [0.717, 1.165) is 22.3 Å². The molecule has 2 aromatic carbocycles. The molecule has 1 aliphatic heterocycles. The van der Waals surface area contributed by atoms with Crippen LogP contribution >= 0.6 is 0 Å². The Bertz CT molecular complexity index is 1170. The van der Waals surface area contributed by atoms with Gasteiger partial charge in [-0.1, -0.05) is 30.3 Å². The summed E-state index contributed by atoms with van der Waals surface area (Å²) >= 11 is 0. The lowest BCUT2D eigenvalue weighted by Crippen LogP contribution is -2.55. The lowest BCUT2D eigenvalue weighted by Gasteiger charge is -2.26. The van der Waals surface area contributed by atoms with Crippen LogP contribution in [0, 0.1) is 13.8 Å². The molecule has 0 saturated carbocycles. The van der Waals surface area contributed by atoms with Crippen molar-refractivity contribution in [2.24, 2.45) is 0 Å². The minimum atomic E-state index is -1.38. The van der Waals surface area contributed by atoms with Gasteiger partial charge in [0.1, 0.15) is 5.75 Å². The van der Waals surface area contributed by atoms with E-state index in [0.29, 0.717) is 11.3 Å². The van der Waals surface area contributed by atoms with Crippen molar-refractivity contribution in [2.75, 3.05) is 14.2 Å².